The molecule has 2 nitrogen and oxygen atoms in total. The normalized spacial score (nSPS) is 32.0. The number of benzene rings is 1. The van der Waals surface area contributed by atoms with E-state index in [0.29, 0.717) is 18.0 Å². The van der Waals surface area contributed by atoms with Crippen LogP contribution in [0.25, 0.3) is 0 Å². The lowest BCUT2D eigenvalue weighted by molar-refractivity contribution is 0.184. The Bertz CT molecular complexity index is 429. The Morgan fingerprint density at radius 3 is 2.84 bits per heavy atom. The molecule has 1 unspecified atom stereocenters. The molecule has 1 aliphatic heterocycles. The van der Waals surface area contributed by atoms with E-state index in [1.165, 1.54) is 37.6 Å². The fraction of sp³-hybridized carbons (Fsp3) is 0.625. The van der Waals surface area contributed by atoms with Gasteiger partial charge in [-0.3, -0.25) is 0 Å². The highest BCUT2D eigenvalue weighted by molar-refractivity contribution is 5.23. The molecule has 0 spiro atoms. The van der Waals surface area contributed by atoms with Gasteiger partial charge in [-0.15, -0.1) is 0 Å². The number of hydrogen-bond acceptors (Lipinski definition) is 2. The number of likely N-dealkylation sites (N-methyl/N-ethyl adjacent to an activating group) is 1. The van der Waals surface area contributed by atoms with Crippen LogP contribution in [0.1, 0.15) is 37.2 Å². The largest absolute Gasteiger partial charge is 0.310 e. The van der Waals surface area contributed by atoms with E-state index in [1.54, 1.807) is 6.07 Å². The lowest BCUT2D eigenvalue weighted by atomic mass is 9.75. The van der Waals surface area contributed by atoms with Gasteiger partial charge in [0.2, 0.25) is 0 Å². The summed E-state index contributed by atoms with van der Waals surface area (Å²) in [6, 6.07) is 8.37. The van der Waals surface area contributed by atoms with Crippen molar-refractivity contribution in [3.63, 3.8) is 0 Å². The molecule has 1 atom stereocenters. The maximum absolute atomic E-state index is 13.2. The molecule has 3 rings (SSSR count). The molecule has 0 amide bonds. The first-order valence-electron chi connectivity index (χ1n) is 7.41. The summed E-state index contributed by atoms with van der Waals surface area (Å²) in [6.45, 7) is 2.40. The predicted octanol–water partition coefficient (Wildman–Crippen LogP) is 2.76. The Hall–Kier alpha value is -0.930. The summed E-state index contributed by atoms with van der Waals surface area (Å²) in [5, 5.41) is 3.76. The van der Waals surface area contributed by atoms with Crippen LogP contribution in [0.2, 0.25) is 0 Å². The highest BCUT2D eigenvalue weighted by Gasteiger charge is 2.32. The second-order valence-corrected chi connectivity index (χ2v) is 6.19. The van der Waals surface area contributed by atoms with Crippen LogP contribution in [0.15, 0.2) is 24.3 Å². The molecule has 1 saturated carbocycles. The second-order valence-electron chi connectivity index (χ2n) is 6.19. The number of piperidine rings is 1. The van der Waals surface area contributed by atoms with Gasteiger partial charge in [0, 0.05) is 18.6 Å². The molecular formula is C16H23FN2. The summed E-state index contributed by atoms with van der Waals surface area (Å²) in [6.07, 6.45) is 4.91. The maximum atomic E-state index is 13.2. The average Bonchev–Trinajstić information content (AvgIpc) is 2.33. The molecule has 1 aliphatic carbocycles. The first-order chi connectivity index (χ1) is 9.20. The number of hydrogen-bond donors (Lipinski definition) is 1. The van der Waals surface area contributed by atoms with Crippen LogP contribution >= 0.6 is 0 Å². The monoisotopic (exact) mass is 262 g/mol. The third-order valence-corrected chi connectivity index (χ3v) is 4.55. The van der Waals surface area contributed by atoms with Crippen molar-refractivity contribution in [2.75, 3.05) is 20.1 Å². The lowest BCUT2D eigenvalue weighted by Crippen LogP contribution is -2.51. The van der Waals surface area contributed by atoms with E-state index in [4.69, 9.17) is 0 Å². The molecule has 3 heteroatoms. The first-order valence-corrected chi connectivity index (χ1v) is 7.41. The van der Waals surface area contributed by atoms with Crippen molar-refractivity contribution in [1.29, 1.82) is 0 Å². The van der Waals surface area contributed by atoms with E-state index >= 15 is 0 Å². The Labute approximate surface area is 115 Å². The smallest absolute Gasteiger partial charge is 0.123 e. The molecule has 1 heterocycles. The van der Waals surface area contributed by atoms with E-state index < -0.39 is 0 Å². The van der Waals surface area contributed by atoms with Gasteiger partial charge < -0.3 is 10.2 Å². The van der Waals surface area contributed by atoms with Crippen LogP contribution in [0.4, 0.5) is 4.39 Å². The Kier molecular flexibility index (Phi) is 3.85. The summed E-state index contributed by atoms with van der Waals surface area (Å²) in [4.78, 5) is 2.41. The average molecular weight is 262 g/mol. The topological polar surface area (TPSA) is 15.3 Å². The molecular weight excluding hydrogens is 239 g/mol. The molecule has 2 aliphatic rings. The Morgan fingerprint density at radius 1 is 1.26 bits per heavy atom. The third kappa shape index (κ3) is 3.15. The van der Waals surface area contributed by atoms with Gasteiger partial charge in [-0.2, -0.15) is 0 Å². The zero-order valence-corrected chi connectivity index (χ0v) is 11.6. The van der Waals surface area contributed by atoms with Gasteiger partial charge in [0.05, 0.1) is 0 Å². The van der Waals surface area contributed by atoms with Crippen LogP contribution in [0, 0.1) is 5.82 Å². The Balaban J connectivity index is 1.47. The summed E-state index contributed by atoms with van der Waals surface area (Å²) in [7, 11) is 2.20. The molecule has 1 N–H and O–H groups in total. The summed E-state index contributed by atoms with van der Waals surface area (Å²) < 4.78 is 13.2. The molecule has 0 bridgehead atoms. The molecule has 19 heavy (non-hydrogen) atoms. The van der Waals surface area contributed by atoms with Crippen LogP contribution in [0.3, 0.4) is 0 Å². The SMILES string of the molecule is CN1CCCC(NC2CC(c3cccc(F)c3)C2)C1. The van der Waals surface area contributed by atoms with Gasteiger partial charge in [0.15, 0.2) is 0 Å². The molecule has 1 saturated heterocycles. The van der Waals surface area contributed by atoms with Gasteiger partial charge in [-0.25, -0.2) is 4.39 Å². The zero-order valence-electron chi connectivity index (χ0n) is 11.6. The molecule has 0 radical (unpaired) electrons. The highest BCUT2D eigenvalue weighted by atomic mass is 19.1. The quantitative estimate of drug-likeness (QED) is 0.901. The van der Waals surface area contributed by atoms with Crippen molar-refractivity contribution in [2.45, 2.75) is 43.7 Å². The maximum Gasteiger partial charge on any atom is 0.123 e. The zero-order chi connectivity index (χ0) is 13.2. The van der Waals surface area contributed by atoms with Crippen molar-refractivity contribution in [3.8, 4) is 0 Å². The summed E-state index contributed by atoms with van der Waals surface area (Å²) >= 11 is 0. The first kappa shape index (κ1) is 13.1. The van der Waals surface area contributed by atoms with E-state index in [0.717, 1.165) is 12.8 Å². The Morgan fingerprint density at radius 2 is 2.11 bits per heavy atom. The predicted molar refractivity (Wildman–Crippen MR) is 75.8 cm³/mol. The van der Waals surface area contributed by atoms with E-state index in [1.807, 2.05) is 6.07 Å². The van der Waals surface area contributed by atoms with Crippen molar-refractivity contribution >= 4 is 0 Å². The number of likely N-dealkylation sites (tertiary alicyclic amines) is 1. The van der Waals surface area contributed by atoms with E-state index in [-0.39, 0.29) is 5.82 Å². The van der Waals surface area contributed by atoms with Gasteiger partial charge in [0.1, 0.15) is 5.82 Å². The second kappa shape index (κ2) is 5.59. The van der Waals surface area contributed by atoms with E-state index in [9.17, 15) is 4.39 Å². The number of rotatable bonds is 3. The fourth-order valence-corrected chi connectivity index (χ4v) is 3.42. The molecule has 2 fully saturated rings. The van der Waals surface area contributed by atoms with Crippen LogP contribution < -0.4 is 5.32 Å². The molecule has 1 aromatic rings. The standard InChI is InChI=1S/C16H23FN2/c1-19-7-3-6-15(11-19)18-16-9-13(10-16)12-4-2-5-14(17)8-12/h2,4-5,8,13,15-16,18H,3,6-7,9-11H2,1H3. The highest BCUT2D eigenvalue weighted by Crippen LogP contribution is 2.37. The van der Waals surface area contributed by atoms with Gasteiger partial charge in [-0.05, 0) is 62.9 Å². The van der Waals surface area contributed by atoms with Crippen molar-refractivity contribution in [1.82, 2.24) is 10.2 Å². The molecule has 1 aromatic carbocycles. The minimum atomic E-state index is -0.109. The number of nitrogens with zero attached hydrogens (tertiary/aromatic N) is 1. The number of halogens is 1. The van der Waals surface area contributed by atoms with Crippen LogP contribution in [-0.4, -0.2) is 37.1 Å². The minimum Gasteiger partial charge on any atom is -0.310 e. The fourth-order valence-electron chi connectivity index (χ4n) is 3.42. The van der Waals surface area contributed by atoms with Crippen LogP contribution in [0.5, 0.6) is 0 Å². The van der Waals surface area contributed by atoms with Gasteiger partial charge in [0.25, 0.3) is 0 Å². The minimum absolute atomic E-state index is 0.109. The van der Waals surface area contributed by atoms with Crippen molar-refractivity contribution in [3.05, 3.63) is 35.6 Å². The summed E-state index contributed by atoms with van der Waals surface area (Å²) in [5.41, 5.74) is 1.17. The molecule has 0 aromatic heterocycles. The van der Waals surface area contributed by atoms with Crippen molar-refractivity contribution < 1.29 is 4.39 Å². The van der Waals surface area contributed by atoms with Crippen LogP contribution in [-0.2, 0) is 0 Å². The van der Waals surface area contributed by atoms with Gasteiger partial charge >= 0.3 is 0 Å². The van der Waals surface area contributed by atoms with Gasteiger partial charge in [-0.1, -0.05) is 12.1 Å². The number of nitrogens with one attached hydrogen (secondary N) is 1. The van der Waals surface area contributed by atoms with Crippen molar-refractivity contribution in [2.24, 2.45) is 0 Å². The summed E-state index contributed by atoms with van der Waals surface area (Å²) in [5.74, 6) is 0.442. The molecule has 104 valence electrons. The lowest BCUT2D eigenvalue weighted by Gasteiger charge is -2.41. The van der Waals surface area contributed by atoms with E-state index in [2.05, 4.69) is 23.3 Å². The third-order valence-electron chi connectivity index (χ3n) is 4.55.